The Balaban J connectivity index is 2.14. The molecule has 1 fully saturated rings. The molecule has 92 valence electrons. The van der Waals surface area contributed by atoms with Crippen molar-refractivity contribution < 1.29 is 14.3 Å². The summed E-state index contributed by atoms with van der Waals surface area (Å²) < 4.78 is 10.6. The first-order valence-corrected chi connectivity index (χ1v) is 6.08. The van der Waals surface area contributed by atoms with Gasteiger partial charge in [-0.3, -0.25) is 0 Å². The Morgan fingerprint density at radius 2 is 2.12 bits per heavy atom. The minimum atomic E-state index is -0.437. The van der Waals surface area contributed by atoms with Gasteiger partial charge < -0.3 is 9.47 Å². The number of hydrogen-bond donors (Lipinski definition) is 0. The maximum absolute atomic E-state index is 11.7. The van der Waals surface area contributed by atoms with Crippen LogP contribution in [0.15, 0.2) is 24.3 Å². The monoisotopic (exact) mass is 234 g/mol. The molecule has 1 aliphatic carbocycles. The summed E-state index contributed by atoms with van der Waals surface area (Å²) in [5, 5.41) is 0. The van der Waals surface area contributed by atoms with E-state index in [9.17, 15) is 4.79 Å². The minimum absolute atomic E-state index is 0.265. The molecule has 0 radical (unpaired) electrons. The van der Waals surface area contributed by atoms with Crippen LogP contribution in [-0.4, -0.2) is 19.2 Å². The lowest BCUT2D eigenvalue weighted by Gasteiger charge is -2.18. The molecule has 0 N–H and O–H groups in total. The number of para-hydroxylation sites is 1. The highest BCUT2D eigenvalue weighted by atomic mass is 16.6. The Morgan fingerprint density at radius 3 is 2.71 bits per heavy atom. The van der Waals surface area contributed by atoms with E-state index in [1.807, 2.05) is 24.3 Å². The summed E-state index contributed by atoms with van der Waals surface area (Å²) in [6.45, 7) is 2.08. The fourth-order valence-corrected chi connectivity index (χ4v) is 1.90. The van der Waals surface area contributed by atoms with E-state index in [1.54, 1.807) is 0 Å². The topological polar surface area (TPSA) is 35.5 Å². The molecule has 1 aliphatic rings. The lowest BCUT2D eigenvalue weighted by molar-refractivity contribution is -0.149. The lowest BCUT2D eigenvalue weighted by atomic mass is 10.1. The predicted octanol–water partition coefficient (Wildman–Crippen LogP) is 2.58. The first kappa shape index (κ1) is 12.0. The van der Waals surface area contributed by atoms with Gasteiger partial charge in [0.15, 0.2) is 6.10 Å². The largest absolute Gasteiger partial charge is 0.478 e. The molecule has 3 heteroatoms. The van der Waals surface area contributed by atoms with Crippen molar-refractivity contribution in [1.82, 2.24) is 0 Å². The number of carbonyl (C=O) groups excluding carboxylic acids is 1. The lowest BCUT2D eigenvalue weighted by Crippen LogP contribution is -2.31. The number of methoxy groups -OCH3 is 1. The first-order chi connectivity index (χ1) is 8.26. The van der Waals surface area contributed by atoms with Crippen LogP contribution in [0.5, 0.6) is 5.75 Å². The third-order valence-electron chi connectivity index (χ3n) is 3.09. The summed E-state index contributed by atoms with van der Waals surface area (Å²) in [6.07, 6.45) is 2.56. The van der Waals surface area contributed by atoms with Gasteiger partial charge in [-0.1, -0.05) is 25.1 Å². The molecule has 0 heterocycles. The van der Waals surface area contributed by atoms with Crippen molar-refractivity contribution in [3.8, 4) is 5.75 Å². The number of hydrogen-bond acceptors (Lipinski definition) is 3. The van der Waals surface area contributed by atoms with Crippen LogP contribution in [0.1, 0.15) is 25.3 Å². The summed E-state index contributed by atoms with van der Waals surface area (Å²) >= 11 is 0. The first-order valence-electron chi connectivity index (χ1n) is 6.08. The second-order valence-corrected chi connectivity index (χ2v) is 4.36. The van der Waals surface area contributed by atoms with E-state index >= 15 is 0 Å². The minimum Gasteiger partial charge on any atom is -0.478 e. The Bertz CT molecular complexity index is 396. The van der Waals surface area contributed by atoms with Crippen molar-refractivity contribution in [3.05, 3.63) is 29.8 Å². The number of rotatable bonds is 5. The summed E-state index contributed by atoms with van der Waals surface area (Å²) in [5.41, 5.74) is 1.13. The zero-order valence-corrected chi connectivity index (χ0v) is 10.3. The van der Waals surface area contributed by atoms with Gasteiger partial charge in [0, 0.05) is 5.92 Å². The van der Waals surface area contributed by atoms with Gasteiger partial charge in [-0.15, -0.1) is 0 Å². The fraction of sp³-hybridized carbons (Fsp3) is 0.500. The molecule has 0 amide bonds. The highest BCUT2D eigenvalue weighted by Crippen LogP contribution is 2.36. The Hall–Kier alpha value is -1.51. The van der Waals surface area contributed by atoms with Gasteiger partial charge in [-0.2, -0.15) is 0 Å². The molecule has 3 nitrogen and oxygen atoms in total. The molecule has 1 aromatic carbocycles. The number of esters is 1. The van der Waals surface area contributed by atoms with Crippen LogP contribution >= 0.6 is 0 Å². The summed E-state index contributed by atoms with van der Waals surface area (Å²) in [7, 11) is 1.41. The van der Waals surface area contributed by atoms with E-state index in [2.05, 4.69) is 6.92 Å². The number of aryl methyl sites for hydroxylation is 1. The average Bonchev–Trinajstić information content (AvgIpc) is 3.19. The van der Waals surface area contributed by atoms with Crippen molar-refractivity contribution in [2.75, 3.05) is 7.11 Å². The van der Waals surface area contributed by atoms with E-state index in [0.717, 1.165) is 30.6 Å². The molecule has 17 heavy (non-hydrogen) atoms. The van der Waals surface area contributed by atoms with Gasteiger partial charge in [0.2, 0.25) is 0 Å². The zero-order valence-electron chi connectivity index (χ0n) is 10.3. The van der Waals surface area contributed by atoms with Crippen molar-refractivity contribution in [2.24, 2.45) is 5.92 Å². The van der Waals surface area contributed by atoms with Crippen LogP contribution in [0.3, 0.4) is 0 Å². The second kappa shape index (κ2) is 5.21. The zero-order chi connectivity index (χ0) is 12.3. The number of ether oxygens (including phenoxy) is 2. The molecule has 0 aromatic heterocycles. The van der Waals surface area contributed by atoms with Crippen molar-refractivity contribution in [3.63, 3.8) is 0 Å². The smallest absolute Gasteiger partial charge is 0.347 e. The third kappa shape index (κ3) is 2.78. The van der Waals surface area contributed by atoms with Gasteiger partial charge in [0.25, 0.3) is 0 Å². The summed E-state index contributed by atoms with van der Waals surface area (Å²) in [5.74, 6) is 0.864. The third-order valence-corrected chi connectivity index (χ3v) is 3.09. The van der Waals surface area contributed by atoms with Gasteiger partial charge in [0.05, 0.1) is 7.11 Å². The predicted molar refractivity (Wildman–Crippen MR) is 65.0 cm³/mol. The molecule has 1 unspecified atom stereocenters. The van der Waals surface area contributed by atoms with E-state index in [-0.39, 0.29) is 5.97 Å². The molecular formula is C14H18O3. The van der Waals surface area contributed by atoms with Gasteiger partial charge in [0.1, 0.15) is 5.75 Å². The maximum atomic E-state index is 11.7. The molecule has 0 aliphatic heterocycles. The van der Waals surface area contributed by atoms with Gasteiger partial charge in [-0.05, 0) is 30.9 Å². The SMILES string of the molecule is CCc1ccccc1OC(C(=O)OC)C1CC1. The van der Waals surface area contributed by atoms with Crippen LogP contribution in [0, 0.1) is 5.92 Å². The van der Waals surface area contributed by atoms with E-state index < -0.39 is 6.10 Å². The Labute approximate surface area is 102 Å². The Morgan fingerprint density at radius 1 is 1.41 bits per heavy atom. The molecule has 0 bridgehead atoms. The van der Waals surface area contributed by atoms with Crippen molar-refractivity contribution in [2.45, 2.75) is 32.3 Å². The summed E-state index contributed by atoms with van der Waals surface area (Å²) in [4.78, 5) is 11.7. The van der Waals surface area contributed by atoms with E-state index in [0.29, 0.717) is 5.92 Å². The maximum Gasteiger partial charge on any atom is 0.347 e. The Kier molecular flexibility index (Phi) is 3.67. The number of benzene rings is 1. The van der Waals surface area contributed by atoms with Crippen LogP contribution < -0.4 is 4.74 Å². The molecular weight excluding hydrogens is 216 g/mol. The van der Waals surface area contributed by atoms with Gasteiger partial charge >= 0.3 is 5.97 Å². The number of carbonyl (C=O) groups is 1. The highest BCUT2D eigenvalue weighted by Gasteiger charge is 2.39. The van der Waals surface area contributed by atoms with Crippen molar-refractivity contribution >= 4 is 5.97 Å². The fourth-order valence-electron chi connectivity index (χ4n) is 1.90. The molecule has 1 atom stereocenters. The quantitative estimate of drug-likeness (QED) is 0.734. The highest BCUT2D eigenvalue weighted by molar-refractivity contribution is 5.75. The van der Waals surface area contributed by atoms with E-state index in [1.165, 1.54) is 7.11 Å². The average molecular weight is 234 g/mol. The van der Waals surface area contributed by atoms with Crippen LogP contribution in [0.25, 0.3) is 0 Å². The normalized spacial score (nSPS) is 16.4. The standard InChI is InChI=1S/C14H18O3/c1-3-10-6-4-5-7-12(10)17-13(11-8-9-11)14(15)16-2/h4-7,11,13H,3,8-9H2,1-2H3. The molecule has 2 rings (SSSR count). The molecule has 0 saturated heterocycles. The van der Waals surface area contributed by atoms with Crippen LogP contribution in [-0.2, 0) is 16.0 Å². The molecule has 0 spiro atoms. The summed E-state index contributed by atoms with van der Waals surface area (Å²) in [6, 6.07) is 7.85. The van der Waals surface area contributed by atoms with Crippen LogP contribution in [0.2, 0.25) is 0 Å². The van der Waals surface area contributed by atoms with Crippen molar-refractivity contribution in [1.29, 1.82) is 0 Å². The molecule has 1 aromatic rings. The molecule has 1 saturated carbocycles. The van der Waals surface area contributed by atoms with Crippen LogP contribution in [0.4, 0.5) is 0 Å². The van der Waals surface area contributed by atoms with E-state index in [4.69, 9.17) is 9.47 Å². The second-order valence-electron chi connectivity index (χ2n) is 4.36. The van der Waals surface area contributed by atoms with Gasteiger partial charge in [-0.25, -0.2) is 4.79 Å².